The average Bonchev–Trinajstić information content (AvgIpc) is 2.77. The molecule has 1 unspecified atom stereocenters. The van der Waals surface area contributed by atoms with Gasteiger partial charge in [-0.05, 0) is 30.5 Å². The van der Waals surface area contributed by atoms with Crippen molar-refractivity contribution in [2.75, 3.05) is 53.4 Å². The van der Waals surface area contributed by atoms with Crippen molar-refractivity contribution in [1.29, 1.82) is 0 Å². The van der Waals surface area contributed by atoms with Crippen LogP contribution >= 0.6 is 0 Å². The molecule has 1 fully saturated rings. The second kappa shape index (κ2) is 11.7. The Morgan fingerprint density at radius 1 is 1.34 bits per heavy atom. The molecule has 10 heteroatoms. The molecular formula is C25H41N7O3. The van der Waals surface area contributed by atoms with Crippen molar-refractivity contribution in [1.82, 2.24) is 25.3 Å². The summed E-state index contributed by atoms with van der Waals surface area (Å²) >= 11 is 0. The Hall–Kier alpha value is -2.85. The van der Waals surface area contributed by atoms with Gasteiger partial charge in [-0.1, -0.05) is 26.8 Å². The summed E-state index contributed by atoms with van der Waals surface area (Å²) in [6.07, 6.45) is 1.07. The third-order valence-corrected chi connectivity index (χ3v) is 6.10. The number of nitrogens with one attached hydrogen (secondary N) is 2. The molecule has 1 atom stereocenters. The number of guanidine groups is 1. The average molecular weight is 488 g/mol. The van der Waals surface area contributed by atoms with E-state index in [1.165, 1.54) is 0 Å². The molecule has 4 N–H and O–H groups in total. The number of nitrogens with zero attached hydrogens (tertiary/aromatic N) is 4. The molecule has 194 valence electrons. The number of hydrogen-bond donors (Lipinski definition) is 3. The number of rotatable bonds is 9. The van der Waals surface area contributed by atoms with Gasteiger partial charge >= 0.3 is 0 Å². The van der Waals surface area contributed by atoms with Gasteiger partial charge in [0, 0.05) is 52.3 Å². The Morgan fingerprint density at radius 3 is 2.83 bits per heavy atom. The number of piperazine rings is 1. The Bertz CT molecular complexity index is 928. The van der Waals surface area contributed by atoms with Gasteiger partial charge < -0.3 is 30.9 Å². The summed E-state index contributed by atoms with van der Waals surface area (Å²) in [4.78, 5) is 35.0. The summed E-state index contributed by atoms with van der Waals surface area (Å²) in [5.74, 6) is 1.05. The molecule has 1 aromatic rings. The van der Waals surface area contributed by atoms with Gasteiger partial charge in [0.25, 0.3) is 0 Å². The number of likely N-dealkylation sites (N-methyl/N-ethyl adjacent to an activating group) is 2. The summed E-state index contributed by atoms with van der Waals surface area (Å²) in [5, 5.41) is 6.34. The van der Waals surface area contributed by atoms with Crippen LogP contribution in [0, 0.1) is 5.41 Å². The quantitative estimate of drug-likeness (QED) is 0.447. The maximum Gasteiger partial charge on any atom is 0.241 e. The highest BCUT2D eigenvalue weighted by molar-refractivity contribution is 5.88. The van der Waals surface area contributed by atoms with Crippen LogP contribution in [0.4, 0.5) is 5.69 Å². The summed E-state index contributed by atoms with van der Waals surface area (Å²) in [6.45, 7) is 10.7. The smallest absolute Gasteiger partial charge is 0.241 e. The molecule has 1 aromatic carbocycles. The van der Waals surface area contributed by atoms with E-state index in [1.807, 2.05) is 32.3 Å². The van der Waals surface area contributed by atoms with Crippen LogP contribution in [0.3, 0.4) is 0 Å². The van der Waals surface area contributed by atoms with Gasteiger partial charge in [-0.2, -0.15) is 0 Å². The molecule has 0 radical (unpaired) electrons. The molecule has 0 saturated carbocycles. The second-order valence-corrected chi connectivity index (χ2v) is 10.6. The maximum absolute atomic E-state index is 12.6. The van der Waals surface area contributed by atoms with Crippen molar-refractivity contribution in [3.05, 3.63) is 23.8 Å². The summed E-state index contributed by atoms with van der Waals surface area (Å²) < 4.78 is 5.85. The van der Waals surface area contributed by atoms with Crippen molar-refractivity contribution in [2.24, 2.45) is 16.1 Å². The van der Waals surface area contributed by atoms with Crippen LogP contribution in [0.1, 0.15) is 39.2 Å². The van der Waals surface area contributed by atoms with E-state index < -0.39 is 0 Å². The Kier molecular flexibility index (Phi) is 8.96. The highest BCUT2D eigenvalue weighted by Crippen LogP contribution is 2.30. The van der Waals surface area contributed by atoms with Gasteiger partial charge in [0.15, 0.2) is 5.96 Å². The molecule has 10 nitrogen and oxygen atoms in total. The zero-order chi connectivity index (χ0) is 25.6. The zero-order valence-electron chi connectivity index (χ0n) is 21.8. The minimum Gasteiger partial charge on any atom is -0.494 e. The fraction of sp³-hybridized carbons (Fsp3) is 0.640. The van der Waals surface area contributed by atoms with E-state index in [9.17, 15) is 9.59 Å². The van der Waals surface area contributed by atoms with Gasteiger partial charge in [0.05, 0.1) is 18.5 Å². The molecule has 3 rings (SSSR count). The lowest BCUT2D eigenvalue weighted by molar-refractivity contribution is -0.131. The largest absolute Gasteiger partial charge is 0.494 e. The molecule has 0 aliphatic carbocycles. The molecule has 2 amide bonds. The zero-order valence-corrected chi connectivity index (χ0v) is 21.8. The molecule has 0 bridgehead atoms. The number of fused-ring (bicyclic) bond motifs is 1. The predicted molar refractivity (Wildman–Crippen MR) is 137 cm³/mol. The first-order chi connectivity index (χ1) is 16.5. The number of carbonyl (C=O) groups is 2. The van der Waals surface area contributed by atoms with Gasteiger partial charge in [-0.25, -0.2) is 4.99 Å². The van der Waals surface area contributed by atoms with Crippen molar-refractivity contribution in [2.45, 2.75) is 46.3 Å². The van der Waals surface area contributed by atoms with Crippen molar-refractivity contribution >= 4 is 23.5 Å². The number of benzene rings is 1. The van der Waals surface area contributed by atoms with E-state index in [4.69, 9.17) is 10.5 Å². The van der Waals surface area contributed by atoms with Gasteiger partial charge in [-0.3, -0.25) is 14.5 Å². The predicted octanol–water partition coefficient (Wildman–Crippen LogP) is 1.09. The van der Waals surface area contributed by atoms with E-state index in [0.717, 1.165) is 30.9 Å². The van der Waals surface area contributed by atoms with Crippen LogP contribution < -0.4 is 21.1 Å². The lowest BCUT2D eigenvalue weighted by Crippen LogP contribution is -2.57. The lowest BCUT2D eigenvalue weighted by Gasteiger charge is -2.33. The molecule has 2 heterocycles. The SMILES string of the molecule is CN(CC(C)(C)C)C(=O)CN1Cc2ccc(OCCCC(=O)NC3CNCCN3C)cc2N=C1N. The number of ether oxygens (including phenoxy) is 1. The molecule has 2 aliphatic heterocycles. The minimum atomic E-state index is 0.0110. The maximum atomic E-state index is 12.6. The van der Waals surface area contributed by atoms with E-state index in [-0.39, 0.29) is 29.9 Å². The van der Waals surface area contributed by atoms with Gasteiger partial charge in [0.2, 0.25) is 11.8 Å². The first-order valence-electron chi connectivity index (χ1n) is 12.3. The fourth-order valence-electron chi connectivity index (χ4n) is 4.22. The lowest BCUT2D eigenvalue weighted by atomic mass is 9.96. The van der Waals surface area contributed by atoms with Crippen molar-refractivity contribution < 1.29 is 14.3 Å². The van der Waals surface area contributed by atoms with E-state index in [1.54, 1.807) is 9.80 Å². The molecule has 0 spiro atoms. The third-order valence-electron chi connectivity index (χ3n) is 6.10. The monoisotopic (exact) mass is 487 g/mol. The first-order valence-corrected chi connectivity index (χ1v) is 12.3. The van der Waals surface area contributed by atoms with Crippen LogP contribution in [0.25, 0.3) is 0 Å². The Balaban J connectivity index is 1.45. The number of amides is 2. The topological polar surface area (TPSA) is 116 Å². The van der Waals surface area contributed by atoms with Crippen LogP contribution in [0.2, 0.25) is 0 Å². The standard InChI is InChI=1S/C25H41N7O3/c1-25(2,3)17-31(5)23(34)16-32-15-18-8-9-19(13-20(18)28-24(32)26)35-12-6-7-22(33)29-21-14-27-10-11-30(21)4/h8-9,13,21,27H,6-7,10-12,14-17H2,1-5H3,(H2,26,28)(H,29,33). The highest BCUT2D eigenvalue weighted by atomic mass is 16.5. The van der Waals surface area contributed by atoms with E-state index in [0.29, 0.717) is 44.2 Å². The molecule has 2 aliphatic rings. The number of nitrogens with two attached hydrogens (primary N) is 1. The fourth-order valence-corrected chi connectivity index (χ4v) is 4.22. The summed E-state index contributed by atoms with van der Waals surface area (Å²) in [6, 6.07) is 5.70. The number of aliphatic imine (C=N–C) groups is 1. The minimum absolute atomic E-state index is 0.0110. The Morgan fingerprint density at radius 2 is 2.11 bits per heavy atom. The van der Waals surface area contributed by atoms with Crippen LogP contribution in [0.5, 0.6) is 5.75 Å². The van der Waals surface area contributed by atoms with Gasteiger partial charge in [-0.15, -0.1) is 0 Å². The normalized spacial score (nSPS) is 18.5. The highest BCUT2D eigenvalue weighted by Gasteiger charge is 2.24. The van der Waals surface area contributed by atoms with E-state index >= 15 is 0 Å². The van der Waals surface area contributed by atoms with Crippen molar-refractivity contribution in [3.8, 4) is 5.75 Å². The Labute approximate surface area is 208 Å². The van der Waals surface area contributed by atoms with Crippen LogP contribution in [-0.4, -0.2) is 92.1 Å². The first kappa shape index (κ1) is 26.7. The van der Waals surface area contributed by atoms with Crippen LogP contribution in [0.15, 0.2) is 23.2 Å². The summed E-state index contributed by atoms with van der Waals surface area (Å²) in [7, 11) is 3.83. The van der Waals surface area contributed by atoms with Crippen LogP contribution in [-0.2, 0) is 16.1 Å². The molecular weight excluding hydrogens is 446 g/mol. The van der Waals surface area contributed by atoms with Gasteiger partial charge in [0.1, 0.15) is 12.3 Å². The second-order valence-electron chi connectivity index (χ2n) is 10.6. The molecule has 35 heavy (non-hydrogen) atoms. The summed E-state index contributed by atoms with van der Waals surface area (Å²) in [5.41, 5.74) is 7.94. The number of hydrogen-bond acceptors (Lipinski definition) is 8. The third kappa shape index (κ3) is 8.10. The number of carbonyl (C=O) groups excluding carboxylic acids is 2. The molecule has 0 aromatic heterocycles. The van der Waals surface area contributed by atoms with E-state index in [2.05, 4.69) is 41.3 Å². The van der Waals surface area contributed by atoms with Crippen molar-refractivity contribution in [3.63, 3.8) is 0 Å². The molecule has 1 saturated heterocycles.